The topological polar surface area (TPSA) is 107 Å². The third kappa shape index (κ3) is 7.57. The molecular weight excluding hydrogens is 542 g/mol. The van der Waals surface area contributed by atoms with E-state index in [2.05, 4.69) is 5.32 Å². The number of rotatable bonds is 12. The minimum Gasteiger partial charge on any atom is -0.481 e. The number of carboxylic acids is 1. The lowest BCUT2D eigenvalue weighted by atomic mass is 9.98. The van der Waals surface area contributed by atoms with Gasteiger partial charge in [-0.3, -0.25) is 14.4 Å². The van der Waals surface area contributed by atoms with Crippen LogP contribution in [0.5, 0.6) is 0 Å². The molecule has 1 aliphatic heterocycles. The molecule has 8 nitrogen and oxygen atoms in total. The normalized spacial score (nSPS) is 16.1. The highest BCUT2D eigenvalue weighted by atomic mass is 16.4. The van der Waals surface area contributed by atoms with Gasteiger partial charge in [0.25, 0.3) is 5.91 Å². The maximum atomic E-state index is 13.9. The van der Waals surface area contributed by atoms with Crippen LogP contribution in [0, 0.1) is 5.92 Å². The number of imide groups is 1. The van der Waals surface area contributed by atoms with Crippen LogP contribution < -0.4 is 5.32 Å². The second-order valence-corrected chi connectivity index (χ2v) is 11.8. The van der Waals surface area contributed by atoms with Gasteiger partial charge in [0, 0.05) is 6.54 Å². The second-order valence-electron chi connectivity index (χ2n) is 11.8. The Morgan fingerprint density at radius 2 is 1.42 bits per heavy atom. The first-order valence-electron chi connectivity index (χ1n) is 14.5. The number of carboxylic acid groups (broad SMARTS) is 1. The molecular formula is C35H39N3O5. The lowest BCUT2D eigenvalue weighted by Gasteiger charge is -2.29. The maximum Gasteiger partial charge on any atom is 0.328 e. The number of nitrogens with zero attached hydrogens (tertiary/aromatic N) is 2. The molecule has 2 atom stereocenters. The molecule has 0 radical (unpaired) electrons. The third-order valence-electron chi connectivity index (χ3n) is 7.65. The summed E-state index contributed by atoms with van der Waals surface area (Å²) in [6.45, 7) is 7.39. The van der Waals surface area contributed by atoms with Crippen molar-refractivity contribution in [2.24, 2.45) is 5.92 Å². The number of nitrogens with one attached hydrogen (secondary N) is 1. The number of carbonyl (C=O) groups is 4. The fourth-order valence-corrected chi connectivity index (χ4v) is 5.24. The van der Waals surface area contributed by atoms with Crippen LogP contribution in [0.4, 0.5) is 4.79 Å². The van der Waals surface area contributed by atoms with Gasteiger partial charge < -0.3 is 15.3 Å². The highest BCUT2D eigenvalue weighted by molar-refractivity contribution is 6.09. The van der Waals surface area contributed by atoms with Crippen LogP contribution in [0.25, 0.3) is 12.2 Å². The molecule has 4 amide bonds. The number of amides is 4. The Balaban J connectivity index is 1.54. The van der Waals surface area contributed by atoms with Crippen molar-refractivity contribution >= 4 is 36.0 Å². The molecule has 4 rings (SSSR count). The van der Waals surface area contributed by atoms with Crippen LogP contribution in [0.3, 0.4) is 0 Å². The second kappa shape index (κ2) is 13.5. The zero-order chi connectivity index (χ0) is 31.1. The Morgan fingerprint density at radius 3 is 1.98 bits per heavy atom. The standard InChI is InChI=1S/C35H39N3O5/c1-24(2)21-30(32(41)36-29(22-31(39)40)28-13-9-6-10-14-28)38-33(42)35(3,4)37(34(38)43)23-27-19-17-26(18-20-27)16-15-25-11-7-5-8-12-25/h5-20,24,29-30H,21-23H2,1-4H3,(H,36,41)(H,39,40). The van der Waals surface area contributed by atoms with E-state index in [0.717, 1.165) is 21.6 Å². The third-order valence-corrected chi connectivity index (χ3v) is 7.65. The predicted molar refractivity (Wildman–Crippen MR) is 166 cm³/mol. The molecule has 2 unspecified atom stereocenters. The quantitative estimate of drug-likeness (QED) is 0.197. The predicted octanol–water partition coefficient (Wildman–Crippen LogP) is 6.15. The summed E-state index contributed by atoms with van der Waals surface area (Å²) in [4.78, 5) is 55.5. The van der Waals surface area contributed by atoms with Gasteiger partial charge in [0.05, 0.1) is 12.5 Å². The Hall–Kier alpha value is -4.72. The molecule has 0 aromatic heterocycles. The van der Waals surface area contributed by atoms with E-state index in [1.54, 1.807) is 44.2 Å². The van der Waals surface area contributed by atoms with Gasteiger partial charge in [-0.25, -0.2) is 9.69 Å². The Bertz CT molecular complexity index is 1470. The summed E-state index contributed by atoms with van der Waals surface area (Å²) in [5.74, 6) is -2.11. The van der Waals surface area contributed by atoms with E-state index >= 15 is 0 Å². The largest absolute Gasteiger partial charge is 0.481 e. The SMILES string of the molecule is CC(C)CC(C(=O)NC(CC(=O)O)c1ccccc1)N1C(=O)N(Cc2ccc(C=Cc3ccccc3)cc2)C(C)(C)C1=O. The molecule has 1 heterocycles. The smallest absolute Gasteiger partial charge is 0.328 e. The molecule has 43 heavy (non-hydrogen) atoms. The zero-order valence-corrected chi connectivity index (χ0v) is 25.1. The lowest BCUT2D eigenvalue weighted by molar-refractivity contribution is -0.140. The van der Waals surface area contributed by atoms with Gasteiger partial charge in [-0.2, -0.15) is 0 Å². The summed E-state index contributed by atoms with van der Waals surface area (Å²) < 4.78 is 0. The fraction of sp³-hybridized carbons (Fsp3) is 0.314. The molecule has 2 N–H and O–H groups in total. The molecule has 0 saturated carbocycles. The Morgan fingerprint density at radius 1 is 0.860 bits per heavy atom. The highest BCUT2D eigenvalue weighted by Gasteiger charge is 2.54. The van der Waals surface area contributed by atoms with Gasteiger partial charge in [0.2, 0.25) is 5.91 Å². The monoisotopic (exact) mass is 581 g/mol. The van der Waals surface area contributed by atoms with Crippen molar-refractivity contribution in [3.63, 3.8) is 0 Å². The average molecular weight is 582 g/mol. The van der Waals surface area contributed by atoms with E-state index in [-0.39, 0.29) is 25.3 Å². The molecule has 224 valence electrons. The van der Waals surface area contributed by atoms with Gasteiger partial charge in [-0.05, 0) is 48.4 Å². The first-order valence-corrected chi connectivity index (χ1v) is 14.5. The summed E-state index contributed by atoms with van der Waals surface area (Å²) in [6.07, 6.45) is 3.94. The Labute approximate surface area is 253 Å². The van der Waals surface area contributed by atoms with Gasteiger partial charge in [-0.1, -0.05) is 111 Å². The maximum absolute atomic E-state index is 13.9. The van der Waals surface area contributed by atoms with Crippen LogP contribution >= 0.6 is 0 Å². The van der Waals surface area contributed by atoms with Crippen LogP contribution in [0.1, 0.15) is 68.8 Å². The number of aliphatic carboxylic acids is 1. The van der Waals surface area contributed by atoms with E-state index in [4.69, 9.17) is 0 Å². The Kier molecular flexibility index (Phi) is 9.80. The molecule has 0 aliphatic carbocycles. The molecule has 0 spiro atoms. The van der Waals surface area contributed by atoms with Crippen LogP contribution in [-0.2, 0) is 20.9 Å². The van der Waals surface area contributed by atoms with Crippen molar-refractivity contribution in [3.05, 3.63) is 107 Å². The summed E-state index contributed by atoms with van der Waals surface area (Å²) in [6, 6.07) is 24.1. The lowest BCUT2D eigenvalue weighted by Crippen LogP contribution is -2.52. The van der Waals surface area contributed by atoms with Crippen molar-refractivity contribution in [3.8, 4) is 0 Å². The van der Waals surface area contributed by atoms with Gasteiger partial charge in [-0.15, -0.1) is 0 Å². The molecule has 8 heteroatoms. The summed E-state index contributed by atoms with van der Waals surface area (Å²) >= 11 is 0. The van der Waals surface area contributed by atoms with Gasteiger partial charge in [0.1, 0.15) is 11.6 Å². The van der Waals surface area contributed by atoms with Crippen LogP contribution in [0.2, 0.25) is 0 Å². The van der Waals surface area contributed by atoms with Crippen molar-refractivity contribution in [1.82, 2.24) is 15.1 Å². The number of carbonyl (C=O) groups excluding carboxylic acids is 3. The van der Waals surface area contributed by atoms with E-state index in [1.165, 1.54) is 4.90 Å². The molecule has 3 aromatic carbocycles. The first-order chi connectivity index (χ1) is 20.5. The highest BCUT2D eigenvalue weighted by Crippen LogP contribution is 2.33. The first kappa shape index (κ1) is 31.2. The molecule has 1 aliphatic rings. The fourth-order valence-electron chi connectivity index (χ4n) is 5.24. The van der Waals surface area contributed by atoms with Gasteiger partial charge >= 0.3 is 12.0 Å². The molecule has 1 fully saturated rings. The van der Waals surface area contributed by atoms with Crippen LogP contribution in [0.15, 0.2) is 84.9 Å². The van der Waals surface area contributed by atoms with Crippen molar-refractivity contribution in [1.29, 1.82) is 0 Å². The van der Waals surface area contributed by atoms with Crippen molar-refractivity contribution < 1.29 is 24.3 Å². The van der Waals surface area contributed by atoms with Crippen molar-refractivity contribution in [2.45, 2.75) is 64.7 Å². The average Bonchev–Trinajstić information content (AvgIpc) is 3.14. The summed E-state index contributed by atoms with van der Waals surface area (Å²) in [5.41, 5.74) is 2.39. The zero-order valence-electron chi connectivity index (χ0n) is 25.1. The van der Waals surface area contributed by atoms with E-state index in [9.17, 15) is 24.3 Å². The van der Waals surface area contributed by atoms with Gasteiger partial charge in [0.15, 0.2) is 0 Å². The van der Waals surface area contributed by atoms with E-state index in [0.29, 0.717) is 5.56 Å². The minimum absolute atomic E-state index is 0.0142. The van der Waals surface area contributed by atoms with E-state index < -0.39 is 41.4 Å². The number of hydrogen-bond acceptors (Lipinski definition) is 4. The van der Waals surface area contributed by atoms with Crippen LogP contribution in [-0.4, -0.2) is 50.3 Å². The summed E-state index contributed by atoms with van der Waals surface area (Å²) in [5, 5.41) is 12.3. The number of urea groups is 1. The minimum atomic E-state index is -1.18. The molecule has 3 aromatic rings. The number of hydrogen-bond donors (Lipinski definition) is 2. The summed E-state index contributed by atoms with van der Waals surface area (Å²) in [7, 11) is 0. The molecule has 0 bridgehead atoms. The van der Waals surface area contributed by atoms with E-state index in [1.807, 2.05) is 80.6 Å². The van der Waals surface area contributed by atoms with Crippen molar-refractivity contribution in [2.75, 3.05) is 0 Å². The number of benzene rings is 3. The molecule has 1 saturated heterocycles.